The molecule has 1 unspecified atom stereocenters. The van der Waals surface area contributed by atoms with Gasteiger partial charge in [0.2, 0.25) is 0 Å². The van der Waals surface area contributed by atoms with Crippen molar-refractivity contribution in [2.24, 2.45) is 0 Å². The van der Waals surface area contributed by atoms with Crippen molar-refractivity contribution in [1.82, 2.24) is 10.2 Å². The summed E-state index contributed by atoms with van der Waals surface area (Å²) >= 11 is 0. The van der Waals surface area contributed by atoms with Crippen molar-refractivity contribution in [1.29, 1.82) is 0 Å². The molecule has 0 aliphatic carbocycles. The second-order valence-corrected chi connectivity index (χ2v) is 4.25. The van der Waals surface area contributed by atoms with E-state index in [1.165, 1.54) is 4.90 Å². The summed E-state index contributed by atoms with van der Waals surface area (Å²) < 4.78 is 18.0. The predicted molar refractivity (Wildman–Crippen MR) is 66.0 cm³/mol. The summed E-state index contributed by atoms with van der Waals surface area (Å²) in [4.78, 5) is 13.3. The van der Waals surface area contributed by atoms with Crippen LogP contribution in [0.5, 0.6) is 0 Å². The molecule has 1 aromatic carbocycles. The van der Waals surface area contributed by atoms with E-state index in [1.807, 2.05) is 30.3 Å². The Morgan fingerprint density at radius 2 is 2.22 bits per heavy atom. The molecule has 2 rings (SSSR count). The van der Waals surface area contributed by atoms with Gasteiger partial charge in [-0.2, -0.15) is 0 Å². The zero-order valence-electron chi connectivity index (χ0n) is 10.1. The lowest BCUT2D eigenvalue weighted by Crippen LogP contribution is -2.54. The first-order valence-corrected chi connectivity index (χ1v) is 6.05. The van der Waals surface area contributed by atoms with Gasteiger partial charge in [0.25, 0.3) is 0 Å². The van der Waals surface area contributed by atoms with Crippen LogP contribution in [0.1, 0.15) is 5.56 Å². The Balaban J connectivity index is 1.87. The third kappa shape index (κ3) is 3.20. The minimum absolute atomic E-state index is 0.225. The number of benzene rings is 1. The Hall–Kier alpha value is -1.62. The smallest absolute Gasteiger partial charge is 0.410 e. The molecule has 1 aliphatic rings. The average Bonchev–Trinajstić information content (AvgIpc) is 2.45. The van der Waals surface area contributed by atoms with Gasteiger partial charge in [-0.3, -0.25) is 0 Å². The fourth-order valence-corrected chi connectivity index (χ4v) is 1.94. The van der Waals surface area contributed by atoms with Crippen LogP contribution in [0.3, 0.4) is 0 Å². The van der Waals surface area contributed by atoms with Crippen molar-refractivity contribution in [2.75, 3.05) is 26.3 Å². The molecule has 1 aromatic rings. The van der Waals surface area contributed by atoms with E-state index in [-0.39, 0.29) is 6.61 Å². The van der Waals surface area contributed by atoms with Gasteiger partial charge in [0.15, 0.2) is 0 Å². The highest BCUT2D eigenvalue weighted by molar-refractivity contribution is 5.68. The summed E-state index contributed by atoms with van der Waals surface area (Å²) in [6.07, 6.45) is -0.442. The van der Waals surface area contributed by atoms with Gasteiger partial charge in [0.05, 0.1) is 6.04 Å². The zero-order valence-corrected chi connectivity index (χ0v) is 10.1. The Bertz CT molecular complexity index is 386. The third-order valence-corrected chi connectivity index (χ3v) is 2.97. The van der Waals surface area contributed by atoms with Crippen molar-refractivity contribution in [3.05, 3.63) is 35.9 Å². The molecule has 98 valence electrons. The van der Waals surface area contributed by atoms with Gasteiger partial charge >= 0.3 is 6.09 Å². The molecule has 1 fully saturated rings. The van der Waals surface area contributed by atoms with Gasteiger partial charge in [-0.15, -0.1) is 0 Å². The van der Waals surface area contributed by atoms with E-state index in [2.05, 4.69) is 5.32 Å². The van der Waals surface area contributed by atoms with Crippen molar-refractivity contribution in [2.45, 2.75) is 12.6 Å². The van der Waals surface area contributed by atoms with Gasteiger partial charge in [-0.05, 0) is 5.56 Å². The lowest BCUT2D eigenvalue weighted by molar-refractivity contribution is 0.0659. The molecule has 0 radical (unpaired) electrons. The topological polar surface area (TPSA) is 41.6 Å². The van der Waals surface area contributed by atoms with Gasteiger partial charge in [0.1, 0.15) is 13.3 Å². The van der Waals surface area contributed by atoms with Gasteiger partial charge in [-0.1, -0.05) is 30.3 Å². The van der Waals surface area contributed by atoms with Crippen LogP contribution in [0.15, 0.2) is 30.3 Å². The molecule has 0 spiro atoms. The second kappa shape index (κ2) is 6.35. The first-order valence-electron chi connectivity index (χ1n) is 6.05. The first-order chi connectivity index (χ1) is 8.81. The van der Waals surface area contributed by atoms with Gasteiger partial charge in [-0.25, -0.2) is 9.18 Å². The highest BCUT2D eigenvalue weighted by Crippen LogP contribution is 2.08. The lowest BCUT2D eigenvalue weighted by Gasteiger charge is -2.33. The van der Waals surface area contributed by atoms with E-state index >= 15 is 0 Å². The van der Waals surface area contributed by atoms with E-state index in [1.54, 1.807) is 0 Å². The van der Waals surface area contributed by atoms with Crippen LogP contribution < -0.4 is 5.32 Å². The summed E-state index contributed by atoms with van der Waals surface area (Å²) in [5.74, 6) is 0. The molecule has 4 nitrogen and oxygen atoms in total. The lowest BCUT2D eigenvalue weighted by atomic mass is 10.2. The number of alkyl halides is 1. The van der Waals surface area contributed by atoms with Gasteiger partial charge < -0.3 is 15.0 Å². The highest BCUT2D eigenvalue weighted by atomic mass is 19.1. The summed E-state index contributed by atoms with van der Waals surface area (Å²) in [5.41, 5.74) is 0.929. The predicted octanol–water partition coefficient (Wildman–Crippen LogP) is 1.57. The quantitative estimate of drug-likeness (QED) is 0.887. The van der Waals surface area contributed by atoms with E-state index in [0.717, 1.165) is 5.56 Å². The summed E-state index contributed by atoms with van der Waals surface area (Å²) in [6.45, 7) is 1.33. The molecule has 1 amide bonds. The monoisotopic (exact) mass is 252 g/mol. The van der Waals surface area contributed by atoms with Crippen molar-refractivity contribution >= 4 is 6.09 Å². The molecular weight excluding hydrogens is 235 g/mol. The van der Waals surface area contributed by atoms with Crippen LogP contribution >= 0.6 is 0 Å². The molecule has 1 aliphatic heterocycles. The highest BCUT2D eigenvalue weighted by Gasteiger charge is 2.27. The van der Waals surface area contributed by atoms with E-state index in [9.17, 15) is 9.18 Å². The number of amides is 1. The fraction of sp³-hybridized carbons (Fsp3) is 0.462. The van der Waals surface area contributed by atoms with Crippen LogP contribution in [-0.2, 0) is 11.3 Å². The molecular formula is C13H17FN2O2. The number of nitrogens with one attached hydrogen (secondary N) is 1. The van der Waals surface area contributed by atoms with E-state index in [0.29, 0.717) is 19.6 Å². The second-order valence-electron chi connectivity index (χ2n) is 4.25. The number of nitrogens with zero attached hydrogens (tertiary/aromatic N) is 1. The fourth-order valence-electron chi connectivity index (χ4n) is 1.94. The Morgan fingerprint density at radius 3 is 2.94 bits per heavy atom. The Morgan fingerprint density at radius 1 is 1.44 bits per heavy atom. The summed E-state index contributed by atoms with van der Waals surface area (Å²) in [5, 5.41) is 3.05. The Kier molecular flexibility index (Phi) is 4.52. The molecule has 0 aromatic heterocycles. The number of ether oxygens (including phenoxy) is 1. The zero-order chi connectivity index (χ0) is 12.8. The van der Waals surface area contributed by atoms with E-state index in [4.69, 9.17) is 4.74 Å². The molecule has 1 heterocycles. The van der Waals surface area contributed by atoms with Crippen molar-refractivity contribution in [3.8, 4) is 0 Å². The largest absolute Gasteiger partial charge is 0.445 e. The van der Waals surface area contributed by atoms with Crippen LogP contribution in [0, 0.1) is 0 Å². The van der Waals surface area contributed by atoms with Crippen LogP contribution in [0.2, 0.25) is 0 Å². The molecule has 1 N–H and O–H groups in total. The van der Waals surface area contributed by atoms with Crippen LogP contribution in [0.25, 0.3) is 0 Å². The molecule has 18 heavy (non-hydrogen) atoms. The number of carbonyl (C=O) groups is 1. The first kappa shape index (κ1) is 12.8. The summed E-state index contributed by atoms with van der Waals surface area (Å²) in [7, 11) is 0. The molecule has 1 saturated heterocycles. The number of rotatable bonds is 3. The van der Waals surface area contributed by atoms with Crippen molar-refractivity contribution < 1.29 is 13.9 Å². The summed E-state index contributed by atoms with van der Waals surface area (Å²) in [6, 6.07) is 9.04. The molecule has 0 bridgehead atoms. The average molecular weight is 252 g/mol. The maximum absolute atomic E-state index is 12.8. The molecule has 0 saturated carbocycles. The maximum Gasteiger partial charge on any atom is 0.410 e. The van der Waals surface area contributed by atoms with E-state index < -0.39 is 18.8 Å². The number of halogens is 1. The van der Waals surface area contributed by atoms with Crippen LogP contribution in [0.4, 0.5) is 9.18 Å². The normalized spacial score (nSPS) is 19.6. The maximum atomic E-state index is 12.8. The third-order valence-electron chi connectivity index (χ3n) is 2.97. The number of hydrogen-bond donors (Lipinski definition) is 1. The number of hydrogen-bond acceptors (Lipinski definition) is 3. The Labute approximate surface area is 106 Å². The molecule has 5 heteroatoms. The van der Waals surface area contributed by atoms with Crippen molar-refractivity contribution in [3.63, 3.8) is 0 Å². The minimum atomic E-state index is -0.548. The number of piperazine rings is 1. The SMILES string of the molecule is O=C(OCc1ccccc1)N1CCNCC1CF. The minimum Gasteiger partial charge on any atom is -0.445 e. The number of carbonyl (C=O) groups excluding carboxylic acids is 1. The van der Waals surface area contributed by atoms with Crippen LogP contribution in [-0.4, -0.2) is 43.3 Å². The van der Waals surface area contributed by atoms with Gasteiger partial charge in [0, 0.05) is 19.6 Å². The standard InChI is InChI=1S/C13H17FN2O2/c14-8-12-9-15-6-7-16(12)13(17)18-10-11-4-2-1-3-5-11/h1-5,12,15H,6-10H2. The molecule has 1 atom stereocenters.